The Kier molecular flexibility index (Phi) is 5.03. The fourth-order valence-corrected chi connectivity index (χ4v) is 2.14. The summed E-state index contributed by atoms with van der Waals surface area (Å²) in [6.45, 7) is 1.59. The summed E-state index contributed by atoms with van der Waals surface area (Å²) in [5.41, 5.74) is 0.535. The first kappa shape index (κ1) is 14.9. The summed E-state index contributed by atoms with van der Waals surface area (Å²) >= 11 is 0. The van der Waals surface area contributed by atoms with Gasteiger partial charge in [-0.15, -0.1) is 0 Å². The van der Waals surface area contributed by atoms with Gasteiger partial charge in [0.25, 0.3) is 0 Å². The van der Waals surface area contributed by atoms with Gasteiger partial charge in [0.2, 0.25) is 5.91 Å². The third kappa shape index (κ3) is 3.52. The number of morpholine rings is 1. The standard InChI is InChI=1S/C14H17F2NO3/c1-19-6-4-14(18)17-5-7-20-13(9-17)10-2-3-11(15)12(16)8-10/h2-3,8,13H,4-7,9H2,1H3. The van der Waals surface area contributed by atoms with Crippen LogP contribution in [0.4, 0.5) is 8.78 Å². The zero-order chi connectivity index (χ0) is 14.5. The molecule has 1 aromatic rings. The Labute approximate surface area is 116 Å². The van der Waals surface area contributed by atoms with E-state index in [1.807, 2.05) is 0 Å². The zero-order valence-corrected chi connectivity index (χ0v) is 11.3. The third-order valence-corrected chi connectivity index (χ3v) is 3.25. The molecule has 4 nitrogen and oxygen atoms in total. The fourth-order valence-electron chi connectivity index (χ4n) is 2.14. The van der Waals surface area contributed by atoms with E-state index in [2.05, 4.69) is 0 Å². The van der Waals surface area contributed by atoms with Gasteiger partial charge in [-0.1, -0.05) is 6.07 Å². The van der Waals surface area contributed by atoms with Gasteiger partial charge < -0.3 is 14.4 Å². The van der Waals surface area contributed by atoms with Crippen LogP contribution in [0.3, 0.4) is 0 Å². The number of hydrogen-bond acceptors (Lipinski definition) is 3. The highest BCUT2D eigenvalue weighted by Crippen LogP contribution is 2.24. The molecule has 1 fully saturated rings. The summed E-state index contributed by atoms with van der Waals surface area (Å²) in [5.74, 6) is -1.82. The minimum absolute atomic E-state index is 0.0252. The number of carbonyl (C=O) groups excluding carboxylic acids is 1. The van der Waals surface area contributed by atoms with Gasteiger partial charge >= 0.3 is 0 Å². The molecule has 0 aromatic heterocycles. The first-order valence-corrected chi connectivity index (χ1v) is 6.45. The minimum Gasteiger partial charge on any atom is -0.384 e. The highest BCUT2D eigenvalue weighted by atomic mass is 19.2. The highest BCUT2D eigenvalue weighted by Gasteiger charge is 2.25. The molecule has 2 rings (SSSR count). The number of hydrogen-bond donors (Lipinski definition) is 0. The molecule has 1 aliphatic heterocycles. The summed E-state index contributed by atoms with van der Waals surface area (Å²) in [7, 11) is 1.54. The van der Waals surface area contributed by atoms with Crippen molar-refractivity contribution in [2.45, 2.75) is 12.5 Å². The van der Waals surface area contributed by atoms with Crippen molar-refractivity contribution in [2.75, 3.05) is 33.4 Å². The Morgan fingerprint density at radius 1 is 1.45 bits per heavy atom. The van der Waals surface area contributed by atoms with Crippen molar-refractivity contribution >= 4 is 5.91 Å². The molecular formula is C14H17F2NO3. The van der Waals surface area contributed by atoms with Gasteiger partial charge in [-0.25, -0.2) is 8.78 Å². The van der Waals surface area contributed by atoms with Gasteiger partial charge in [0.05, 0.1) is 26.2 Å². The molecule has 1 unspecified atom stereocenters. The second kappa shape index (κ2) is 6.76. The van der Waals surface area contributed by atoms with Crippen molar-refractivity contribution < 1.29 is 23.0 Å². The molecule has 1 amide bonds. The molecule has 0 aliphatic carbocycles. The van der Waals surface area contributed by atoms with Crippen LogP contribution in [-0.4, -0.2) is 44.2 Å². The van der Waals surface area contributed by atoms with Gasteiger partial charge in [-0.3, -0.25) is 4.79 Å². The Morgan fingerprint density at radius 3 is 2.95 bits per heavy atom. The van der Waals surface area contributed by atoms with E-state index in [-0.39, 0.29) is 5.91 Å². The smallest absolute Gasteiger partial charge is 0.225 e. The second-order valence-corrected chi connectivity index (χ2v) is 4.62. The molecule has 20 heavy (non-hydrogen) atoms. The van der Waals surface area contributed by atoms with Crippen molar-refractivity contribution in [3.8, 4) is 0 Å². The number of benzene rings is 1. The lowest BCUT2D eigenvalue weighted by Crippen LogP contribution is -2.42. The average molecular weight is 285 g/mol. The van der Waals surface area contributed by atoms with Gasteiger partial charge in [0.1, 0.15) is 6.10 Å². The number of halogens is 2. The van der Waals surface area contributed by atoms with E-state index in [4.69, 9.17) is 9.47 Å². The van der Waals surface area contributed by atoms with Crippen molar-refractivity contribution in [3.05, 3.63) is 35.4 Å². The summed E-state index contributed by atoms with van der Waals surface area (Å²) < 4.78 is 36.5. The largest absolute Gasteiger partial charge is 0.384 e. The lowest BCUT2D eigenvalue weighted by molar-refractivity contribution is -0.139. The fraction of sp³-hybridized carbons (Fsp3) is 0.500. The maximum Gasteiger partial charge on any atom is 0.225 e. The van der Waals surface area contributed by atoms with E-state index < -0.39 is 17.7 Å². The zero-order valence-electron chi connectivity index (χ0n) is 11.3. The number of rotatable bonds is 4. The molecule has 0 spiro atoms. The molecule has 1 aromatic carbocycles. The molecule has 0 bridgehead atoms. The first-order valence-electron chi connectivity index (χ1n) is 6.45. The summed E-state index contributed by atoms with van der Waals surface area (Å²) in [6.07, 6.45) is -0.119. The molecule has 0 radical (unpaired) electrons. The summed E-state index contributed by atoms with van der Waals surface area (Å²) in [5, 5.41) is 0. The van der Waals surface area contributed by atoms with E-state index in [9.17, 15) is 13.6 Å². The van der Waals surface area contributed by atoms with E-state index in [1.165, 1.54) is 13.2 Å². The molecule has 1 saturated heterocycles. The van der Waals surface area contributed by atoms with Crippen molar-refractivity contribution in [1.82, 2.24) is 4.90 Å². The SMILES string of the molecule is COCCC(=O)N1CCOC(c2ccc(F)c(F)c2)C1. The summed E-state index contributed by atoms with van der Waals surface area (Å²) in [4.78, 5) is 13.6. The van der Waals surface area contributed by atoms with Crippen LogP contribution in [0, 0.1) is 11.6 Å². The summed E-state index contributed by atoms with van der Waals surface area (Å²) in [6, 6.07) is 3.66. The quantitative estimate of drug-likeness (QED) is 0.848. The molecule has 6 heteroatoms. The second-order valence-electron chi connectivity index (χ2n) is 4.62. The predicted octanol–water partition coefficient (Wildman–Crippen LogP) is 1.90. The lowest BCUT2D eigenvalue weighted by Gasteiger charge is -2.33. The Morgan fingerprint density at radius 2 is 2.25 bits per heavy atom. The number of amides is 1. The third-order valence-electron chi connectivity index (χ3n) is 3.25. The Balaban J connectivity index is 2.02. The number of nitrogens with zero attached hydrogens (tertiary/aromatic N) is 1. The topological polar surface area (TPSA) is 38.8 Å². The molecular weight excluding hydrogens is 268 g/mol. The van der Waals surface area contributed by atoms with Gasteiger partial charge in [0, 0.05) is 13.7 Å². The van der Waals surface area contributed by atoms with Crippen LogP contribution in [0.1, 0.15) is 18.1 Å². The van der Waals surface area contributed by atoms with E-state index in [0.29, 0.717) is 38.3 Å². The van der Waals surface area contributed by atoms with Crippen LogP contribution >= 0.6 is 0 Å². The van der Waals surface area contributed by atoms with Gasteiger partial charge in [-0.2, -0.15) is 0 Å². The predicted molar refractivity (Wildman–Crippen MR) is 68.1 cm³/mol. The minimum atomic E-state index is -0.908. The molecule has 110 valence electrons. The van der Waals surface area contributed by atoms with Crippen LogP contribution < -0.4 is 0 Å². The average Bonchev–Trinajstić information content (AvgIpc) is 2.47. The normalized spacial score (nSPS) is 19.1. The van der Waals surface area contributed by atoms with Crippen LogP contribution in [0.25, 0.3) is 0 Å². The highest BCUT2D eigenvalue weighted by molar-refractivity contribution is 5.76. The molecule has 1 aliphatic rings. The first-order chi connectivity index (χ1) is 9.61. The molecule has 0 N–H and O–H groups in total. The number of methoxy groups -OCH3 is 1. The van der Waals surface area contributed by atoms with Crippen molar-refractivity contribution in [1.29, 1.82) is 0 Å². The van der Waals surface area contributed by atoms with Crippen LogP contribution in [0.2, 0.25) is 0 Å². The van der Waals surface area contributed by atoms with E-state index in [0.717, 1.165) is 12.1 Å². The van der Waals surface area contributed by atoms with Crippen LogP contribution in [-0.2, 0) is 14.3 Å². The van der Waals surface area contributed by atoms with Crippen LogP contribution in [0.15, 0.2) is 18.2 Å². The Bertz CT molecular complexity index is 481. The molecule has 0 saturated carbocycles. The van der Waals surface area contributed by atoms with Crippen molar-refractivity contribution in [2.24, 2.45) is 0 Å². The monoisotopic (exact) mass is 285 g/mol. The van der Waals surface area contributed by atoms with Gasteiger partial charge in [-0.05, 0) is 17.7 Å². The van der Waals surface area contributed by atoms with Gasteiger partial charge in [0.15, 0.2) is 11.6 Å². The number of carbonyl (C=O) groups is 1. The maximum absolute atomic E-state index is 13.2. The molecule has 1 atom stereocenters. The van der Waals surface area contributed by atoms with E-state index in [1.54, 1.807) is 4.90 Å². The lowest BCUT2D eigenvalue weighted by atomic mass is 10.1. The van der Waals surface area contributed by atoms with E-state index >= 15 is 0 Å². The maximum atomic E-state index is 13.2. The number of ether oxygens (including phenoxy) is 2. The Hall–Kier alpha value is -1.53. The molecule has 1 heterocycles. The van der Waals surface area contributed by atoms with Crippen LogP contribution in [0.5, 0.6) is 0 Å². The van der Waals surface area contributed by atoms with Crippen molar-refractivity contribution in [3.63, 3.8) is 0 Å².